The molecule has 4 nitrogen and oxygen atoms in total. The predicted molar refractivity (Wildman–Crippen MR) is 89.9 cm³/mol. The van der Waals surface area contributed by atoms with Crippen LogP contribution in [0, 0.1) is 0 Å². The topological polar surface area (TPSA) is 64.3 Å². The van der Waals surface area contributed by atoms with Gasteiger partial charge in [0.25, 0.3) is 5.91 Å². The van der Waals surface area contributed by atoms with Crippen molar-refractivity contribution >= 4 is 34.2 Å². The number of hydrogen-bond donors (Lipinski definition) is 2. The minimum absolute atomic E-state index is 0. The van der Waals surface area contributed by atoms with Crippen LogP contribution in [0.1, 0.15) is 32.6 Å². The van der Waals surface area contributed by atoms with Crippen LogP contribution in [0.5, 0.6) is 5.75 Å². The Hall–Kier alpha value is -0.780. The van der Waals surface area contributed by atoms with Crippen molar-refractivity contribution in [3.63, 3.8) is 0 Å². The van der Waals surface area contributed by atoms with Gasteiger partial charge < -0.3 is 15.8 Å². The lowest BCUT2D eigenvalue weighted by Crippen LogP contribution is -2.45. The molecule has 0 heterocycles. The molecule has 1 saturated carbocycles. The third kappa shape index (κ3) is 5.49. The van der Waals surface area contributed by atoms with Gasteiger partial charge in [-0.25, -0.2) is 0 Å². The fourth-order valence-corrected chi connectivity index (χ4v) is 2.74. The molecule has 1 fully saturated rings. The summed E-state index contributed by atoms with van der Waals surface area (Å²) < 4.78 is 6.54. The van der Waals surface area contributed by atoms with Crippen LogP contribution in [0.4, 0.5) is 0 Å². The van der Waals surface area contributed by atoms with E-state index in [9.17, 15) is 4.79 Å². The molecule has 0 spiro atoms. The molecule has 118 valence electrons. The highest BCUT2D eigenvalue weighted by Crippen LogP contribution is 2.25. The highest BCUT2D eigenvalue weighted by molar-refractivity contribution is 9.10. The van der Waals surface area contributed by atoms with Crippen LogP contribution >= 0.6 is 28.3 Å². The van der Waals surface area contributed by atoms with Crippen molar-refractivity contribution in [2.45, 2.75) is 50.8 Å². The molecular weight excluding hydrogens is 356 g/mol. The molecule has 0 aromatic heterocycles. The zero-order chi connectivity index (χ0) is 14.5. The third-order valence-electron chi connectivity index (χ3n) is 3.63. The van der Waals surface area contributed by atoms with E-state index in [-0.39, 0.29) is 30.4 Å². The molecule has 1 aromatic rings. The number of carbonyl (C=O) groups excluding carboxylic acids is 1. The first-order valence-corrected chi connectivity index (χ1v) is 7.82. The Labute approximate surface area is 140 Å². The number of benzene rings is 1. The highest BCUT2D eigenvalue weighted by atomic mass is 79.9. The van der Waals surface area contributed by atoms with Crippen LogP contribution in [-0.4, -0.2) is 24.1 Å². The molecule has 1 atom stereocenters. The summed E-state index contributed by atoms with van der Waals surface area (Å²) in [7, 11) is 0. The number of rotatable bonds is 4. The van der Waals surface area contributed by atoms with Crippen molar-refractivity contribution in [3.8, 4) is 5.75 Å². The van der Waals surface area contributed by atoms with Crippen LogP contribution in [-0.2, 0) is 4.79 Å². The van der Waals surface area contributed by atoms with Gasteiger partial charge in [0.15, 0.2) is 6.10 Å². The number of carbonyl (C=O) groups is 1. The van der Waals surface area contributed by atoms with Gasteiger partial charge in [0.2, 0.25) is 0 Å². The Morgan fingerprint density at radius 1 is 1.33 bits per heavy atom. The van der Waals surface area contributed by atoms with Crippen LogP contribution in [0.2, 0.25) is 0 Å². The highest BCUT2D eigenvalue weighted by Gasteiger charge is 2.23. The molecule has 0 saturated heterocycles. The predicted octanol–water partition coefficient (Wildman–Crippen LogP) is 3.02. The molecule has 3 N–H and O–H groups in total. The second-order valence-electron chi connectivity index (χ2n) is 5.31. The van der Waals surface area contributed by atoms with Crippen LogP contribution < -0.4 is 15.8 Å². The number of hydrogen-bond acceptors (Lipinski definition) is 3. The molecule has 1 aliphatic carbocycles. The maximum absolute atomic E-state index is 12.1. The quantitative estimate of drug-likeness (QED) is 0.847. The Balaban J connectivity index is 0.00000220. The molecule has 0 bridgehead atoms. The van der Waals surface area contributed by atoms with E-state index in [1.165, 1.54) is 0 Å². The van der Waals surface area contributed by atoms with E-state index in [1.54, 1.807) is 6.92 Å². The maximum Gasteiger partial charge on any atom is 0.260 e. The molecule has 1 unspecified atom stereocenters. The summed E-state index contributed by atoms with van der Waals surface area (Å²) in [6.45, 7) is 1.77. The number of amides is 1. The number of halogens is 2. The summed E-state index contributed by atoms with van der Waals surface area (Å²) in [6, 6.07) is 8.04. The summed E-state index contributed by atoms with van der Waals surface area (Å²) in [5, 5.41) is 3.04. The maximum atomic E-state index is 12.1. The minimum Gasteiger partial charge on any atom is -0.480 e. The molecule has 0 aliphatic heterocycles. The average Bonchev–Trinajstić information content (AvgIpc) is 2.44. The molecule has 2 rings (SSSR count). The zero-order valence-electron chi connectivity index (χ0n) is 12.0. The summed E-state index contributed by atoms with van der Waals surface area (Å²) >= 11 is 3.41. The molecule has 0 radical (unpaired) electrons. The number of nitrogens with two attached hydrogens (primary N) is 1. The molecule has 21 heavy (non-hydrogen) atoms. The van der Waals surface area contributed by atoms with Gasteiger partial charge in [0.05, 0.1) is 4.47 Å². The van der Waals surface area contributed by atoms with E-state index < -0.39 is 6.10 Å². The lowest BCUT2D eigenvalue weighted by molar-refractivity contribution is -0.128. The van der Waals surface area contributed by atoms with E-state index >= 15 is 0 Å². The van der Waals surface area contributed by atoms with E-state index in [1.807, 2.05) is 24.3 Å². The average molecular weight is 378 g/mol. The fraction of sp³-hybridized carbons (Fsp3) is 0.533. The number of nitrogens with one attached hydrogen (secondary N) is 1. The van der Waals surface area contributed by atoms with Gasteiger partial charge in [-0.15, -0.1) is 12.4 Å². The van der Waals surface area contributed by atoms with Crippen LogP contribution in [0.15, 0.2) is 28.7 Å². The lowest BCUT2D eigenvalue weighted by Gasteiger charge is -2.28. The monoisotopic (exact) mass is 376 g/mol. The second-order valence-corrected chi connectivity index (χ2v) is 6.17. The van der Waals surface area contributed by atoms with Crippen molar-refractivity contribution in [3.05, 3.63) is 28.7 Å². The van der Waals surface area contributed by atoms with Crippen molar-refractivity contribution in [2.24, 2.45) is 5.73 Å². The van der Waals surface area contributed by atoms with Gasteiger partial charge in [0, 0.05) is 12.1 Å². The van der Waals surface area contributed by atoms with Crippen molar-refractivity contribution < 1.29 is 9.53 Å². The number of para-hydroxylation sites is 1. The largest absolute Gasteiger partial charge is 0.480 e. The Morgan fingerprint density at radius 3 is 2.57 bits per heavy atom. The van der Waals surface area contributed by atoms with Gasteiger partial charge in [-0.2, -0.15) is 0 Å². The molecule has 1 aromatic carbocycles. The van der Waals surface area contributed by atoms with Crippen molar-refractivity contribution in [2.75, 3.05) is 0 Å². The first-order chi connectivity index (χ1) is 9.56. The fourth-order valence-electron chi connectivity index (χ4n) is 2.37. The van der Waals surface area contributed by atoms with Gasteiger partial charge in [0.1, 0.15) is 5.75 Å². The van der Waals surface area contributed by atoms with Gasteiger partial charge >= 0.3 is 0 Å². The normalized spacial score (nSPS) is 22.8. The van der Waals surface area contributed by atoms with Crippen molar-refractivity contribution in [1.29, 1.82) is 0 Å². The smallest absolute Gasteiger partial charge is 0.260 e. The lowest BCUT2D eigenvalue weighted by atomic mass is 9.92. The zero-order valence-corrected chi connectivity index (χ0v) is 14.5. The van der Waals surface area contributed by atoms with E-state index in [2.05, 4.69) is 21.2 Å². The summed E-state index contributed by atoms with van der Waals surface area (Å²) in [5.74, 6) is 0.613. The van der Waals surface area contributed by atoms with Crippen molar-refractivity contribution in [1.82, 2.24) is 5.32 Å². The first-order valence-electron chi connectivity index (χ1n) is 7.03. The molecule has 1 amide bonds. The van der Waals surface area contributed by atoms with Gasteiger partial charge in [-0.1, -0.05) is 12.1 Å². The van der Waals surface area contributed by atoms with Crippen LogP contribution in [0.3, 0.4) is 0 Å². The number of ether oxygens (including phenoxy) is 1. The molecule has 1 aliphatic rings. The summed E-state index contributed by atoms with van der Waals surface area (Å²) in [6.07, 6.45) is 3.35. The van der Waals surface area contributed by atoms with E-state index in [4.69, 9.17) is 10.5 Å². The second kappa shape index (κ2) is 8.61. The van der Waals surface area contributed by atoms with Gasteiger partial charge in [-0.3, -0.25) is 4.79 Å². The molecular formula is C15H22BrClN2O2. The Bertz CT molecular complexity index is 465. The minimum atomic E-state index is -0.510. The van der Waals surface area contributed by atoms with E-state index in [0.717, 1.165) is 30.2 Å². The summed E-state index contributed by atoms with van der Waals surface area (Å²) in [5.41, 5.74) is 5.86. The van der Waals surface area contributed by atoms with Crippen LogP contribution in [0.25, 0.3) is 0 Å². The standard InChI is InChI=1S/C15H21BrN2O2.ClH/c1-10(20-14-5-3-2-4-13(14)16)15(19)18-12-8-6-11(17)7-9-12;/h2-5,10-12H,6-9,17H2,1H3,(H,18,19);1H. The Kier molecular flexibility index (Phi) is 7.49. The SMILES string of the molecule is CC(Oc1ccccc1Br)C(=O)NC1CCC(N)CC1.Cl. The van der Waals surface area contributed by atoms with Gasteiger partial charge in [-0.05, 0) is 60.7 Å². The Morgan fingerprint density at radius 2 is 1.95 bits per heavy atom. The summed E-state index contributed by atoms with van der Waals surface area (Å²) in [4.78, 5) is 12.1. The first kappa shape index (κ1) is 18.3. The third-order valence-corrected chi connectivity index (χ3v) is 4.28. The molecule has 6 heteroatoms. The van der Waals surface area contributed by atoms with E-state index in [0.29, 0.717) is 5.75 Å².